The Morgan fingerprint density at radius 2 is 2.06 bits per heavy atom. The summed E-state index contributed by atoms with van der Waals surface area (Å²) in [6.45, 7) is 4.65. The molecule has 0 saturated heterocycles. The third kappa shape index (κ3) is 2.69. The Bertz CT molecular complexity index is 360. The highest BCUT2D eigenvalue weighted by Crippen LogP contribution is 2.37. The number of nitrogens with one attached hydrogen (secondary N) is 1. The number of anilines is 1. The van der Waals surface area contributed by atoms with Crippen LogP contribution in [-0.4, -0.2) is 11.1 Å². The van der Waals surface area contributed by atoms with Crippen LogP contribution < -0.4 is 5.32 Å². The molecule has 0 bridgehead atoms. The van der Waals surface area contributed by atoms with E-state index in [2.05, 4.69) is 19.2 Å². The molecule has 16 heavy (non-hydrogen) atoms. The van der Waals surface area contributed by atoms with Crippen molar-refractivity contribution in [3.63, 3.8) is 0 Å². The van der Waals surface area contributed by atoms with E-state index in [1.807, 2.05) is 18.2 Å². The molecule has 1 aliphatic carbocycles. The summed E-state index contributed by atoms with van der Waals surface area (Å²) in [4.78, 5) is 0. The summed E-state index contributed by atoms with van der Waals surface area (Å²) >= 11 is 0. The quantitative estimate of drug-likeness (QED) is 0.742. The first-order valence-corrected chi connectivity index (χ1v) is 6.11. The van der Waals surface area contributed by atoms with Gasteiger partial charge in [0.05, 0.1) is 5.69 Å². The molecular weight excluding hydrogens is 198 g/mol. The van der Waals surface area contributed by atoms with Crippen molar-refractivity contribution in [1.29, 1.82) is 0 Å². The van der Waals surface area contributed by atoms with Crippen LogP contribution in [0.2, 0.25) is 0 Å². The minimum atomic E-state index is 0.353. The third-order valence-electron chi connectivity index (χ3n) is 3.47. The lowest BCUT2D eigenvalue weighted by Crippen LogP contribution is -2.31. The number of rotatable bonds is 2. The zero-order valence-corrected chi connectivity index (χ0v) is 10.2. The smallest absolute Gasteiger partial charge is 0.138 e. The van der Waals surface area contributed by atoms with Gasteiger partial charge in [0.15, 0.2) is 0 Å². The maximum absolute atomic E-state index is 9.71. The van der Waals surface area contributed by atoms with Gasteiger partial charge in [0.25, 0.3) is 0 Å². The fraction of sp³-hybridized carbons (Fsp3) is 0.571. The molecule has 0 aromatic heterocycles. The van der Waals surface area contributed by atoms with Crippen LogP contribution in [0, 0.1) is 5.41 Å². The molecule has 2 nitrogen and oxygen atoms in total. The number of hydrogen-bond acceptors (Lipinski definition) is 2. The molecule has 88 valence electrons. The molecule has 1 saturated carbocycles. The predicted octanol–water partition coefficient (Wildman–Crippen LogP) is 3.77. The van der Waals surface area contributed by atoms with Crippen molar-refractivity contribution in [1.82, 2.24) is 0 Å². The van der Waals surface area contributed by atoms with E-state index < -0.39 is 0 Å². The molecule has 1 aromatic rings. The second kappa shape index (κ2) is 4.36. The van der Waals surface area contributed by atoms with Crippen LogP contribution in [0.1, 0.15) is 39.5 Å². The van der Waals surface area contributed by atoms with Crippen molar-refractivity contribution in [3.05, 3.63) is 24.3 Å². The molecule has 2 heteroatoms. The first-order chi connectivity index (χ1) is 7.57. The number of hydrogen-bond donors (Lipinski definition) is 2. The normalized spacial score (nSPS) is 24.0. The topological polar surface area (TPSA) is 32.3 Å². The fourth-order valence-electron chi connectivity index (χ4n) is 2.64. The SMILES string of the molecule is CC1(C)CCCC(Nc2ccccc2O)C1. The standard InChI is InChI=1S/C14H21NO/c1-14(2)9-5-6-11(10-14)15-12-7-3-4-8-13(12)16/h3-4,7-8,11,15-16H,5-6,9-10H2,1-2H3. The van der Waals surface area contributed by atoms with Crippen LogP contribution in [-0.2, 0) is 0 Å². The summed E-state index contributed by atoms with van der Waals surface area (Å²) in [5.41, 5.74) is 1.30. The zero-order chi connectivity index (χ0) is 11.6. The Labute approximate surface area is 97.7 Å². The molecule has 1 aliphatic rings. The van der Waals surface area contributed by atoms with E-state index in [9.17, 15) is 5.11 Å². The summed E-state index contributed by atoms with van der Waals surface area (Å²) in [6.07, 6.45) is 4.98. The third-order valence-corrected chi connectivity index (χ3v) is 3.47. The first kappa shape index (κ1) is 11.3. The Kier molecular flexibility index (Phi) is 3.08. The lowest BCUT2D eigenvalue weighted by molar-refractivity contribution is 0.229. The molecule has 0 aliphatic heterocycles. The maximum atomic E-state index is 9.71. The molecule has 0 radical (unpaired) electrons. The largest absolute Gasteiger partial charge is 0.506 e. The monoisotopic (exact) mass is 219 g/mol. The molecule has 0 spiro atoms. The molecule has 2 N–H and O–H groups in total. The maximum Gasteiger partial charge on any atom is 0.138 e. The predicted molar refractivity (Wildman–Crippen MR) is 67.8 cm³/mol. The van der Waals surface area contributed by atoms with Gasteiger partial charge in [-0.15, -0.1) is 0 Å². The van der Waals surface area contributed by atoms with Gasteiger partial charge in [-0.25, -0.2) is 0 Å². The molecule has 1 fully saturated rings. The van der Waals surface area contributed by atoms with Crippen molar-refractivity contribution < 1.29 is 5.11 Å². The molecule has 1 aromatic carbocycles. The van der Waals surface area contributed by atoms with Crippen molar-refractivity contribution in [2.45, 2.75) is 45.6 Å². The molecule has 1 unspecified atom stereocenters. The minimum absolute atomic E-state index is 0.353. The van der Waals surface area contributed by atoms with Crippen molar-refractivity contribution in [2.75, 3.05) is 5.32 Å². The van der Waals surface area contributed by atoms with E-state index in [1.165, 1.54) is 25.7 Å². The van der Waals surface area contributed by atoms with E-state index >= 15 is 0 Å². The average molecular weight is 219 g/mol. The van der Waals surface area contributed by atoms with E-state index in [1.54, 1.807) is 6.07 Å². The Hall–Kier alpha value is -1.18. The Morgan fingerprint density at radius 1 is 1.31 bits per heavy atom. The van der Waals surface area contributed by atoms with Gasteiger partial charge in [0.1, 0.15) is 5.75 Å². The van der Waals surface area contributed by atoms with Gasteiger partial charge in [-0.2, -0.15) is 0 Å². The van der Waals surface area contributed by atoms with Gasteiger partial charge in [0.2, 0.25) is 0 Å². The van der Waals surface area contributed by atoms with Gasteiger partial charge in [-0.3, -0.25) is 0 Å². The first-order valence-electron chi connectivity index (χ1n) is 6.11. The minimum Gasteiger partial charge on any atom is -0.506 e. The lowest BCUT2D eigenvalue weighted by atomic mass is 9.75. The van der Waals surface area contributed by atoms with Gasteiger partial charge < -0.3 is 10.4 Å². The molecular formula is C14H21NO. The van der Waals surface area contributed by atoms with E-state index in [-0.39, 0.29) is 0 Å². The lowest BCUT2D eigenvalue weighted by Gasteiger charge is -2.36. The fourth-order valence-corrected chi connectivity index (χ4v) is 2.64. The summed E-state index contributed by atoms with van der Waals surface area (Å²) in [6, 6.07) is 7.98. The Morgan fingerprint density at radius 3 is 2.75 bits per heavy atom. The van der Waals surface area contributed by atoms with Crippen LogP contribution in [0.4, 0.5) is 5.69 Å². The number of phenols is 1. The van der Waals surface area contributed by atoms with Gasteiger partial charge in [-0.1, -0.05) is 32.4 Å². The summed E-state index contributed by atoms with van der Waals surface area (Å²) in [5.74, 6) is 0.353. The Balaban J connectivity index is 2.02. The number of benzene rings is 1. The number of aromatic hydroxyl groups is 1. The summed E-state index contributed by atoms with van der Waals surface area (Å²) < 4.78 is 0. The van der Waals surface area contributed by atoms with Crippen molar-refractivity contribution in [2.24, 2.45) is 5.41 Å². The highest BCUT2D eigenvalue weighted by atomic mass is 16.3. The van der Waals surface area contributed by atoms with Gasteiger partial charge >= 0.3 is 0 Å². The van der Waals surface area contributed by atoms with Crippen LogP contribution >= 0.6 is 0 Å². The van der Waals surface area contributed by atoms with Crippen molar-refractivity contribution in [3.8, 4) is 5.75 Å². The van der Waals surface area contributed by atoms with Gasteiger partial charge in [-0.05, 0) is 36.8 Å². The van der Waals surface area contributed by atoms with E-state index in [0.717, 1.165) is 5.69 Å². The van der Waals surface area contributed by atoms with E-state index in [0.29, 0.717) is 17.2 Å². The van der Waals surface area contributed by atoms with Crippen LogP contribution in [0.25, 0.3) is 0 Å². The zero-order valence-electron chi connectivity index (χ0n) is 10.2. The molecule has 0 heterocycles. The van der Waals surface area contributed by atoms with Crippen LogP contribution in [0.5, 0.6) is 5.75 Å². The number of para-hydroxylation sites is 2. The van der Waals surface area contributed by atoms with Gasteiger partial charge in [0, 0.05) is 6.04 Å². The van der Waals surface area contributed by atoms with Crippen LogP contribution in [0.3, 0.4) is 0 Å². The molecule has 2 rings (SSSR count). The van der Waals surface area contributed by atoms with E-state index in [4.69, 9.17) is 0 Å². The molecule has 1 atom stereocenters. The molecule has 0 amide bonds. The second-order valence-electron chi connectivity index (χ2n) is 5.62. The average Bonchev–Trinajstić information content (AvgIpc) is 2.20. The highest BCUT2D eigenvalue weighted by molar-refractivity contribution is 5.55. The summed E-state index contributed by atoms with van der Waals surface area (Å²) in [5, 5.41) is 13.2. The second-order valence-corrected chi connectivity index (χ2v) is 5.62. The number of phenolic OH excluding ortho intramolecular Hbond substituents is 1. The van der Waals surface area contributed by atoms with Crippen LogP contribution in [0.15, 0.2) is 24.3 Å². The highest BCUT2D eigenvalue weighted by Gasteiger charge is 2.27. The summed E-state index contributed by atoms with van der Waals surface area (Å²) in [7, 11) is 0. The van der Waals surface area contributed by atoms with Crippen molar-refractivity contribution >= 4 is 5.69 Å².